The molecule has 0 amide bonds. The van der Waals surface area contributed by atoms with E-state index in [1.165, 1.54) is 16.9 Å². The lowest BCUT2D eigenvalue weighted by Crippen LogP contribution is -2.07. The highest BCUT2D eigenvalue weighted by Crippen LogP contribution is 2.16. The van der Waals surface area contributed by atoms with Crippen molar-refractivity contribution in [3.8, 4) is 0 Å². The zero-order chi connectivity index (χ0) is 12.4. The minimum absolute atomic E-state index is 0.175. The third-order valence-corrected chi connectivity index (χ3v) is 2.62. The quantitative estimate of drug-likeness (QED) is 0.641. The Labute approximate surface area is 106 Å². The standard InChI is InChI=1S/C11H9BrN2O3/c1-14-6-7(5-13-14)8(15)4-9(16)10-2-3-11(12)17-10/h2-3,5-6H,4H2,1H3. The Kier molecular flexibility index (Phi) is 3.23. The van der Waals surface area contributed by atoms with Gasteiger partial charge in [0.25, 0.3) is 0 Å². The van der Waals surface area contributed by atoms with Gasteiger partial charge in [-0.15, -0.1) is 0 Å². The van der Waals surface area contributed by atoms with Crippen LogP contribution in [0.25, 0.3) is 0 Å². The van der Waals surface area contributed by atoms with Crippen molar-refractivity contribution in [3.05, 3.63) is 40.5 Å². The van der Waals surface area contributed by atoms with Gasteiger partial charge in [-0.05, 0) is 28.1 Å². The maximum atomic E-state index is 11.7. The summed E-state index contributed by atoms with van der Waals surface area (Å²) in [5.41, 5.74) is 0.423. The Balaban J connectivity index is 2.07. The molecule has 88 valence electrons. The van der Waals surface area contributed by atoms with E-state index in [0.717, 1.165) is 0 Å². The SMILES string of the molecule is Cn1cc(C(=O)CC(=O)c2ccc(Br)o2)cn1. The largest absolute Gasteiger partial charge is 0.446 e. The molecule has 0 saturated heterocycles. The highest BCUT2D eigenvalue weighted by Gasteiger charge is 2.17. The van der Waals surface area contributed by atoms with Crippen LogP contribution in [-0.4, -0.2) is 21.3 Å². The summed E-state index contributed by atoms with van der Waals surface area (Å²) in [6.07, 6.45) is 2.80. The number of ketones is 2. The molecule has 0 saturated carbocycles. The van der Waals surface area contributed by atoms with Gasteiger partial charge in [-0.3, -0.25) is 14.3 Å². The van der Waals surface area contributed by atoms with E-state index in [-0.39, 0.29) is 23.7 Å². The van der Waals surface area contributed by atoms with E-state index in [1.54, 1.807) is 19.3 Å². The van der Waals surface area contributed by atoms with Gasteiger partial charge in [-0.2, -0.15) is 5.10 Å². The smallest absolute Gasteiger partial charge is 0.205 e. The van der Waals surface area contributed by atoms with Crippen LogP contribution in [-0.2, 0) is 7.05 Å². The Morgan fingerprint density at radius 3 is 2.71 bits per heavy atom. The summed E-state index contributed by atoms with van der Waals surface area (Å²) in [4.78, 5) is 23.4. The number of halogens is 1. The van der Waals surface area contributed by atoms with Crippen LogP contribution >= 0.6 is 15.9 Å². The number of carbonyl (C=O) groups is 2. The predicted octanol–water partition coefficient (Wildman–Crippen LogP) is 2.23. The second-order valence-electron chi connectivity index (χ2n) is 3.53. The molecule has 2 aromatic heterocycles. The Morgan fingerprint density at radius 1 is 1.41 bits per heavy atom. The van der Waals surface area contributed by atoms with Crippen molar-refractivity contribution in [2.45, 2.75) is 6.42 Å². The normalized spacial score (nSPS) is 10.5. The first-order chi connectivity index (χ1) is 8.06. The zero-order valence-electron chi connectivity index (χ0n) is 9.01. The fourth-order valence-electron chi connectivity index (χ4n) is 1.36. The van der Waals surface area contributed by atoms with Gasteiger partial charge in [0.05, 0.1) is 18.2 Å². The highest BCUT2D eigenvalue weighted by atomic mass is 79.9. The second-order valence-corrected chi connectivity index (χ2v) is 4.31. The molecule has 6 heteroatoms. The molecule has 0 aliphatic heterocycles. The van der Waals surface area contributed by atoms with Crippen LogP contribution in [0.5, 0.6) is 0 Å². The van der Waals surface area contributed by atoms with Gasteiger partial charge in [0.1, 0.15) is 0 Å². The molecule has 17 heavy (non-hydrogen) atoms. The van der Waals surface area contributed by atoms with Gasteiger partial charge in [-0.1, -0.05) is 0 Å². The number of hydrogen-bond acceptors (Lipinski definition) is 4. The Bertz CT molecular complexity index is 521. The minimum Gasteiger partial charge on any atom is -0.446 e. The summed E-state index contributed by atoms with van der Waals surface area (Å²) in [7, 11) is 1.71. The number of carbonyl (C=O) groups excluding carboxylic acids is 2. The molecular weight excluding hydrogens is 288 g/mol. The average molecular weight is 297 g/mol. The summed E-state index contributed by atoms with van der Waals surface area (Å²) in [5, 5.41) is 3.88. The highest BCUT2D eigenvalue weighted by molar-refractivity contribution is 9.10. The van der Waals surface area contributed by atoms with Crippen molar-refractivity contribution in [2.24, 2.45) is 7.05 Å². The van der Waals surface area contributed by atoms with Gasteiger partial charge < -0.3 is 4.42 Å². The van der Waals surface area contributed by atoms with Crippen molar-refractivity contribution >= 4 is 27.5 Å². The molecule has 0 radical (unpaired) electrons. The van der Waals surface area contributed by atoms with E-state index >= 15 is 0 Å². The molecule has 0 atom stereocenters. The van der Waals surface area contributed by atoms with E-state index in [2.05, 4.69) is 21.0 Å². The predicted molar refractivity (Wildman–Crippen MR) is 62.9 cm³/mol. The number of hydrogen-bond donors (Lipinski definition) is 0. The zero-order valence-corrected chi connectivity index (χ0v) is 10.6. The third kappa shape index (κ3) is 2.71. The molecule has 0 aromatic carbocycles. The average Bonchev–Trinajstić information content (AvgIpc) is 2.87. The fourth-order valence-corrected chi connectivity index (χ4v) is 1.67. The summed E-state index contributed by atoms with van der Waals surface area (Å²) in [5.74, 6) is -0.436. The van der Waals surface area contributed by atoms with Crippen LogP contribution in [0, 0.1) is 0 Å². The van der Waals surface area contributed by atoms with Crippen molar-refractivity contribution in [1.82, 2.24) is 9.78 Å². The van der Waals surface area contributed by atoms with Crippen molar-refractivity contribution in [3.63, 3.8) is 0 Å². The number of aromatic nitrogens is 2. The van der Waals surface area contributed by atoms with Crippen LogP contribution in [0.2, 0.25) is 0 Å². The van der Waals surface area contributed by atoms with Gasteiger partial charge in [0.15, 0.2) is 16.2 Å². The van der Waals surface area contributed by atoms with E-state index in [4.69, 9.17) is 4.42 Å². The molecular formula is C11H9BrN2O3. The van der Waals surface area contributed by atoms with Gasteiger partial charge in [-0.25, -0.2) is 0 Å². The van der Waals surface area contributed by atoms with Gasteiger partial charge >= 0.3 is 0 Å². The molecule has 0 N–H and O–H groups in total. The molecule has 2 heterocycles. The summed E-state index contributed by atoms with van der Waals surface area (Å²) >= 11 is 3.10. The van der Waals surface area contributed by atoms with Crippen molar-refractivity contribution < 1.29 is 14.0 Å². The van der Waals surface area contributed by atoms with E-state index in [9.17, 15) is 9.59 Å². The Hall–Kier alpha value is -1.69. The third-order valence-electron chi connectivity index (χ3n) is 2.20. The van der Waals surface area contributed by atoms with Crippen LogP contribution in [0.1, 0.15) is 27.3 Å². The first kappa shape index (κ1) is 11.8. The number of aryl methyl sites for hydroxylation is 1. The molecule has 0 spiro atoms. The molecule has 0 unspecified atom stereocenters. The molecule has 0 aliphatic carbocycles. The second kappa shape index (κ2) is 4.67. The molecule has 0 aliphatic rings. The topological polar surface area (TPSA) is 65.1 Å². The van der Waals surface area contributed by atoms with Gasteiger partial charge in [0.2, 0.25) is 5.78 Å². The molecule has 0 bridgehead atoms. The van der Waals surface area contributed by atoms with E-state index < -0.39 is 0 Å². The molecule has 2 aromatic rings. The number of Topliss-reactive ketones (excluding diaryl/α,β-unsaturated/α-hetero) is 2. The van der Waals surface area contributed by atoms with E-state index in [1.807, 2.05) is 0 Å². The lowest BCUT2D eigenvalue weighted by Gasteiger charge is -1.95. The molecule has 0 fully saturated rings. The molecule has 2 rings (SSSR count). The maximum Gasteiger partial charge on any atom is 0.205 e. The Morgan fingerprint density at radius 2 is 2.18 bits per heavy atom. The monoisotopic (exact) mass is 296 g/mol. The number of rotatable bonds is 4. The van der Waals surface area contributed by atoms with Crippen molar-refractivity contribution in [2.75, 3.05) is 0 Å². The van der Waals surface area contributed by atoms with Crippen molar-refractivity contribution in [1.29, 1.82) is 0 Å². The van der Waals surface area contributed by atoms with Gasteiger partial charge in [0, 0.05) is 13.2 Å². The van der Waals surface area contributed by atoms with Crippen LogP contribution < -0.4 is 0 Å². The maximum absolute atomic E-state index is 11.7. The molecule has 5 nitrogen and oxygen atoms in total. The lowest BCUT2D eigenvalue weighted by atomic mass is 10.1. The first-order valence-corrected chi connectivity index (χ1v) is 5.66. The minimum atomic E-state index is -0.343. The van der Waals surface area contributed by atoms with Crippen LogP contribution in [0.3, 0.4) is 0 Å². The summed E-state index contributed by atoms with van der Waals surface area (Å²) in [6, 6.07) is 3.14. The fraction of sp³-hybridized carbons (Fsp3) is 0.182. The van der Waals surface area contributed by atoms with Crippen LogP contribution in [0.15, 0.2) is 33.6 Å². The first-order valence-electron chi connectivity index (χ1n) is 4.86. The number of furan rings is 1. The summed E-state index contributed by atoms with van der Waals surface area (Å²) in [6.45, 7) is 0. The lowest BCUT2D eigenvalue weighted by molar-refractivity contribution is 0.0877. The van der Waals surface area contributed by atoms with E-state index in [0.29, 0.717) is 10.2 Å². The van der Waals surface area contributed by atoms with Crippen LogP contribution in [0.4, 0.5) is 0 Å². The number of nitrogens with zero attached hydrogens (tertiary/aromatic N) is 2. The summed E-state index contributed by atoms with van der Waals surface area (Å²) < 4.78 is 7.06.